The lowest BCUT2D eigenvalue weighted by Crippen LogP contribution is -2.19. The van der Waals surface area contributed by atoms with Crippen LogP contribution in [0.3, 0.4) is 0 Å². The van der Waals surface area contributed by atoms with Crippen LogP contribution in [0.2, 0.25) is 5.02 Å². The van der Waals surface area contributed by atoms with Crippen LogP contribution in [0.5, 0.6) is 5.75 Å². The molecule has 3 rings (SSSR count). The number of benzene rings is 3. The summed E-state index contributed by atoms with van der Waals surface area (Å²) in [6.45, 7) is 2.52. The zero-order valence-corrected chi connectivity index (χ0v) is 20.8. The first kappa shape index (κ1) is 24.8. The largest absolute Gasteiger partial charge is 0.490 e. The van der Waals surface area contributed by atoms with Gasteiger partial charge < -0.3 is 19.5 Å². The molecule has 3 aromatic carbocycles. The van der Waals surface area contributed by atoms with Crippen molar-refractivity contribution in [3.8, 4) is 11.8 Å². The Morgan fingerprint density at radius 2 is 1.85 bits per heavy atom. The minimum atomic E-state index is -0.845. The number of nitrogens with one attached hydrogen (secondary N) is 1. The van der Waals surface area contributed by atoms with Crippen LogP contribution in [-0.2, 0) is 20.9 Å². The first-order valence-electron chi connectivity index (χ1n) is 10.1. The highest BCUT2D eigenvalue weighted by atomic mass is 127. The first-order chi connectivity index (χ1) is 16.0. The fourth-order valence-corrected chi connectivity index (χ4v) is 4.24. The molecule has 0 aliphatic heterocycles. The van der Waals surface area contributed by atoms with Crippen molar-refractivity contribution < 1.29 is 19.0 Å². The van der Waals surface area contributed by atoms with Gasteiger partial charge in [-0.15, -0.1) is 0 Å². The lowest BCUT2D eigenvalue weighted by atomic mass is 10.1. The molecule has 0 heterocycles. The van der Waals surface area contributed by atoms with Gasteiger partial charge in [-0.1, -0.05) is 41.9 Å². The Hall–Kier alpha value is -2.80. The van der Waals surface area contributed by atoms with E-state index in [1.54, 1.807) is 36.4 Å². The molecule has 0 amide bonds. The van der Waals surface area contributed by atoms with E-state index in [0.29, 0.717) is 47.4 Å². The van der Waals surface area contributed by atoms with E-state index < -0.39 is 12.2 Å². The van der Waals surface area contributed by atoms with E-state index in [9.17, 15) is 4.79 Å². The molecule has 0 aliphatic rings. The number of hydrogen-bond donors (Lipinski definition) is 1. The highest BCUT2D eigenvalue weighted by Gasteiger charge is 2.22. The number of nitriles is 1. The monoisotopic (exact) mass is 576 g/mol. The fraction of sp³-hybridized carbons (Fsp3) is 0.200. The summed E-state index contributed by atoms with van der Waals surface area (Å²) < 4.78 is 18.1. The second-order valence-electron chi connectivity index (χ2n) is 7.02. The molecule has 0 saturated carbocycles. The van der Waals surface area contributed by atoms with Crippen LogP contribution in [0.4, 0.5) is 5.69 Å². The van der Waals surface area contributed by atoms with Crippen LogP contribution in [0.15, 0.2) is 66.7 Å². The molecule has 6 nitrogen and oxygen atoms in total. The molecule has 0 spiro atoms. The average Bonchev–Trinajstić information content (AvgIpc) is 2.80. The molecule has 33 heavy (non-hydrogen) atoms. The number of carbonyl (C=O) groups excluding carboxylic acids is 1. The number of anilines is 1. The molecule has 0 fully saturated rings. The zero-order valence-electron chi connectivity index (χ0n) is 17.9. The number of halogens is 2. The van der Waals surface area contributed by atoms with Crippen LogP contribution >= 0.6 is 34.2 Å². The molecule has 170 valence electrons. The first-order valence-corrected chi connectivity index (χ1v) is 11.6. The molecule has 8 heteroatoms. The van der Waals surface area contributed by atoms with Gasteiger partial charge in [0.25, 0.3) is 0 Å². The molecule has 0 radical (unpaired) electrons. The second kappa shape index (κ2) is 12.4. The maximum absolute atomic E-state index is 11.8. The number of esters is 1. The van der Waals surface area contributed by atoms with Gasteiger partial charge in [-0.05, 0) is 64.6 Å². The van der Waals surface area contributed by atoms with E-state index in [2.05, 4.69) is 34.0 Å². The Balaban J connectivity index is 1.74. The fourth-order valence-electron chi connectivity index (χ4n) is 3.02. The molecular formula is C25H22ClIN2O4. The summed E-state index contributed by atoms with van der Waals surface area (Å²) in [6, 6.07) is 22.3. The molecule has 0 saturated heterocycles. The van der Waals surface area contributed by atoms with Crippen molar-refractivity contribution in [3.63, 3.8) is 0 Å². The van der Waals surface area contributed by atoms with Crippen molar-refractivity contribution in [2.75, 3.05) is 18.5 Å². The van der Waals surface area contributed by atoms with E-state index in [1.807, 2.05) is 30.3 Å². The SMILES string of the molecule is CC(=O)OC(Nc1ccc(C#N)cc1)c1cc(Cl)cc(I)c1OCCOCc1ccccc1. The molecule has 0 aromatic heterocycles. The van der Waals surface area contributed by atoms with Crippen molar-refractivity contribution in [3.05, 3.63) is 92.0 Å². The maximum atomic E-state index is 11.8. The third kappa shape index (κ3) is 7.63. The van der Waals surface area contributed by atoms with Gasteiger partial charge in [0.05, 0.1) is 34.0 Å². The van der Waals surface area contributed by atoms with Crippen molar-refractivity contribution >= 4 is 45.8 Å². The van der Waals surface area contributed by atoms with E-state index in [4.69, 9.17) is 31.1 Å². The summed E-state index contributed by atoms with van der Waals surface area (Å²) in [5.41, 5.74) is 2.86. The molecule has 1 unspecified atom stereocenters. The third-order valence-electron chi connectivity index (χ3n) is 4.50. The topological polar surface area (TPSA) is 80.6 Å². The van der Waals surface area contributed by atoms with E-state index >= 15 is 0 Å². The average molecular weight is 577 g/mol. The molecule has 1 N–H and O–H groups in total. The van der Waals surface area contributed by atoms with E-state index in [0.717, 1.165) is 9.13 Å². The second-order valence-corrected chi connectivity index (χ2v) is 8.61. The Morgan fingerprint density at radius 3 is 2.52 bits per heavy atom. The van der Waals surface area contributed by atoms with Crippen molar-refractivity contribution in [2.24, 2.45) is 0 Å². The smallest absolute Gasteiger partial charge is 0.304 e. The Kier molecular flexibility index (Phi) is 9.36. The maximum Gasteiger partial charge on any atom is 0.304 e. The van der Waals surface area contributed by atoms with Gasteiger partial charge in [0.2, 0.25) is 6.23 Å². The van der Waals surface area contributed by atoms with Gasteiger partial charge in [-0.2, -0.15) is 5.26 Å². The molecular weight excluding hydrogens is 555 g/mol. The predicted octanol–water partition coefficient (Wildman–Crippen LogP) is 6.09. The lowest BCUT2D eigenvalue weighted by Gasteiger charge is -2.23. The van der Waals surface area contributed by atoms with Crippen LogP contribution in [0.25, 0.3) is 0 Å². The highest BCUT2D eigenvalue weighted by Crippen LogP contribution is 2.36. The van der Waals surface area contributed by atoms with Gasteiger partial charge in [0.1, 0.15) is 12.4 Å². The zero-order chi connectivity index (χ0) is 23.6. The van der Waals surface area contributed by atoms with Crippen molar-refractivity contribution in [1.29, 1.82) is 5.26 Å². The molecule has 3 aromatic rings. The molecule has 1 atom stereocenters. The van der Waals surface area contributed by atoms with Gasteiger partial charge in [0, 0.05) is 17.6 Å². The highest BCUT2D eigenvalue weighted by molar-refractivity contribution is 14.1. The minimum absolute atomic E-state index is 0.307. The molecule has 0 aliphatic carbocycles. The van der Waals surface area contributed by atoms with Gasteiger partial charge in [-0.3, -0.25) is 4.79 Å². The van der Waals surface area contributed by atoms with Crippen molar-refractivity contribution in [1.82, 2.24) is 0 Å². The van der Waals surface area contributed by atoms with E-state index in [1.165, 1.54) is 6.92 Å². The van der Waals surface area contributed by atoms with Crippen LogP contribution < -0.4 is 10.1 Å². The number of ether oxygens (including phenoxy) is 3. The number of rotatable bonds is 10. The Morgan fingerprint density at radius 1 is 1.12 bits per heavy atom. The normalized spacial score (nSPS) is 11.3. The standard InChI is InChI=1S/C25H22ClIN2O4/c1-17(30)33-25(29-21-9-7-18(15-28)8-10-21)22-13-20(26)14-23(27)24(22)32-12-11-31-16-19-5-3-2-4-6-19/h2-10,13-14,25,29H,11-12,16H2,1H3. The molecule has 0 bridgehead atoms. The summed E-state index contributed by atoms with van der Waals surface area (Å²) >= 11 is 8.44. The summed E-state index contributed by atoms with van der Waals surface area (Å²) in [6.07, 6.45) is -0.845. The summed E-state index contributed by atoms with van der Waals surface area (Å²) in [5, 5.41) is 12.7. The van der Waals surface area contributed by atoms with E-state index in [-0.39, 0.29) is 0 Å². The van der Waals surface area contributed by atoms with Gasteiger partial charge in [-0.25, -0.2) is 0 Å². The quantitative estimate of drug-likeness (QED) is 0.136. The van der Waals surface area contributed by atoms with Crippen molar-refractivity contribution in [2.45, 2.75) is 19.8 Å². The van der Waals surface area contributed by atoms with Gasteiger partial charge >= 0.3 is 5.97 Å². The lowest BCUT2D eigenvalue weighted by molar-refractivity contribution is -0.145. The summed E-state index contributed by atoms with van der Waals surface area (Å²) in [5.74, 6) is 0.0870. The number of nitrogens with zero attached hydrogens (tertiary/aromatic N) is 1. The summed E-state index contributed by atoms with van der Waals surface area (Å²) in [4.78, 5) is 11.8. The van der Waals surface area contributed by atoms with Gasteiger partial charge in [0.15, 0.2) is 0 Å². The third-order valence-corrected chi connectivity index (χ3v) is 5.52. The summed E-state index contributed by atoms with van der Waals surface area (Å²) in [7, 11) is 0. The predicted molar refractivity (Wildman–Crippen MR) is 135 cm³/mol. The minimum Gasteiger partial charge on any atom is -0.490 e. The van der Waals surface area contributed by atoms with Crippen LogP contribution in [0.1, 0.15) is 29.8 Å². The number of carbonyl (C=O) groups is 1. The Bertz CT molecular complexity index is 1120. The number of hydrogen-bond acceptors (Lipinski definition) is 6. The van der Waals surface area contributed by atoms with Crippen LogP contribution in [0, 0.1) is 14.9 Å². The van der Waals surface area contributed by atoms with Crippen LogP contribution in [-0.4, -0.2) is 19.2 Å². The Labute approximate surface area is 211 Å².